The maximum absolute atomic E-state index is 12.3. The Balaban J connectivity index is 0.000000596. The first-order valence-corrected chi connectivity index (χ1v) is 8.48. The van der Waals surface area contributed by atoms with E-state index in [2.05, 4.69) is 5.32 Å². The van der Waals surface area contributed by atoms with Crippen LogP contribution in [0.15, 0.2) is 48.5 Å². The third-order valence-corrected chi connectivity index (χ3v) is 4.01. The molecule has 0 atom stereocenters. The van der Waals surface area contributed by atoms with Gasteiger partial charge in [0.15, 0.2) is 0 Å². The summed E-state index contributed by atoms with van der Waals surface area (Å²) >= 11 is 0. The molecule has 1 aliphatic heterocycles. The van der Waals surface area contributed by atoms with Gasteiger partial charge in [-0.1, -0.05) is 30.3 Å². The van der Waals surface area contributed by atoms with Crippen LogP contribution in [0.3, 0.4) is 0 Å². The number of carboxylic acids is 2. The second-order valence-corrected chi connectivity index (χ2v) is 6.10. The third-order valence-electron chi connectivity index (χ3n) is 4.01. The highest BCUT2D eigenvalue weighted by molar-refractivity contribution is 5.89. The topological polar surface area (TPSA) is 107 Å². The van der Waals surface area contributed by atoms with Gasteiger partial charge < -0.3 is 20.4 Å². The van der Waals surface area contributed by atoms with Crippen molar-refractivity contribution in [2.75, 3.05) is 18.4 Å². The number of hydrogen-bond acceptors (Lipinski definition) is 4. The highest BCUT2D eigenvalue weighted by Gasteiger charge is 2.20. The van der Waals surface area contributed by atoms with E-state index in [9.17, 15) is 9.59 Å². The van der Waals surface area contributed by atoms with E-state index in [0.29, 0.717) is 13.1 Å². The molecule has 2 aromatic rings. The van der Waals surface area contributed by atoms with Gasteiger partial charge in [0.2, 0.25) is 5.91 Å². The predicted octanol–water partition coefficient (Wildman–Crippen LogP) is 2.47. The molecule has 7 nitrogen and oxygen atoms in total. The first-order chi connectivity index (χ1) is 12.9. The fourth-order valence-electron chi connectivity index (χ4n) is 2.72. The number of carbonyl (C=O) groups excluding carboxylic acids is 1. The summed E-state index contributed by atoms with van der Waals surface area (Å²) < 4.78 is 0. The molecule has 0 saturated heterocycles. The lowest BCUT2D eigenvalue weighted by atomic mass is 10.1. The highest BCUT2D eigenvalue weighted by atomic mass is 16.4. The summed E-state index contributed by atoms with van der Waals surface area (Å²) in [6, 6.07) is 14.9. The Morgan fingerprint density at radius 3 is 2.41 bits per heavy atom. The van der Waals surface area contributed by atoms with E-state index in [1.165, 1.54) is 5.56 Å². The molecular weight excluding hydrogens is 348 g/mol. The Hall–Kier alpha value is -3.35. The summed E-state index contributed by atoms with van der Waals surface area (Å²) in [6.45, 7) is 2.35. The maximum Gasteiger partial charge on any atom is 0.335 e. The minimum Gasteiger partial charge on any atom is -0.481 e. The summed E-state index contributed by atoms with van der Waals surface area (Å²) in [5.74, 6) is -1.77. The molecule has 0 bridgehead atoms. The first kappa shape index (κ1) is 20.0. The van der Waals surface area contributed by atoms with E-state index < -0.39 is 11.9 Å². The molecule has 2 aromatic carbocycles. The monoisotopic (exact) mass is 370 g/mol. The number of nitrogens with zero attached hydrogens (tertiary/aromatic N) is 1. The maximum atomic E-state index is 12.3. The Morgan fingerprint density at radius 2 is 1.78 bits per heavy atom. The SMILES string of the molecule is CC(=O)O.O=C(O)c1ccc2c(c1)CN(CCc1ccccc1)C(=O)CN2. The van der Waals surface area contributed by atoms with Crippen molar-refractivity contribution in [2.24, 2.45) is 0 Å². The molecule has 1 heterocycles. The number of aromatic carboxylic acids is 1. The number of anilines is 1. The summed E-state index contributed by atoms with van der Waals surface area (Å²) in [4.78, 5) is 34.2. The predicted molar refractivity (Wildman–Crippen MR) is 101 cm³/mol. The highest BCUT2D eigenvalue weighted by Crippen LogP contribution is 2.22. The van der Waals surface area contributed by atoms with Crippen molar-refractivity contribution in [1.82, 2.24) is 4.90 Å². The van der Waals surface area contributed by atoms with Crippen molar-refractivity contribution in [1.29, 1.82) is 0 Å². The van der Waals surface area contributed by atoms with Crippen LogP contribution in [0.5, 0.6) is 0 Å². The van der Waals surface area contributed by atoms with Crippen LogP contribution in [0.1, 0.15) is 28.4 Å². The summed E-state index contributed by atoms with van der Waals surface area (Å²) in [5.41, 5.74) is 3.08. The van der Waals surface area contributed by atoms with Gasteiger partial charge in [0, 0.05) is 25.7 Å². The Bertz CT molecular complexity index is 816. The molecule has 3 rings (SSSR count). The molecule has 0 spiro atoms. The second kappa shape index (κ2) is 9.38. The summed E-state index contributed by atoms with van der Waals surface area (Å²) in [5, 5.41) is 19.6. The minimum absolute atomic E-state index is 0.0222. The van der Waals surface area contributed by atoms with Crippen LogP contribution in [-0.4, -0.2) is 46.0 Å². The zero-order chi connectivity index (χ0) is 19.8. The van der Waals surface area contributed by atoms with Crippen molar-refractivity contribution in [3.8, 4) is 0 Å². The number of amides is 1. The molecular formula is C20H22N2O5. The fraction of sp³-hybridized carbons (Fsp3) is 0.250. The molecule has 0 unspecified atom stereocenters. The molecule has 0 saturated carbocycles. The van der Waals surface area contributed by atoms with Gasteiger partial charge in [-0.15, -0.1) is 0 Å². The van der Waals surface area contributed by atoms with Crippen molar-refractivity contribution >= 4 is 23.5 Å². The third kappa shape index (κ3) is 6.14. The van der Waals surface area contributed by atoms with Crippen LogP contribution in [0.2, 0.25) is 0 Å². The minimum atomic E-state index is -0.959. The standard InChI is InChI=1S/C18H18N2O3.C2H4O2/c21-17-11-19-16-7-6-14(18(22)23)10-15(16)12-20(17)9-8-13-4-2-1-3-5-13;1-2(3)4/h1-7,10,19H,8-9,11-12H2,(H,22,23);1H3,(H,3,4). The van der Waals surface area contributed by atoms with Crippen LogP contribution in [0, 0.1) is 0 Å². The van der Waals surface area contributed by atoms with E-state index in [1.807, 2.05) is 30.3 Å². The van der Waals surface area contributed by atoms with Gasteiger partial charge in [0.05, 0.1) is 12.1 Å². The Labute approximate surface area is 157 Å². The van der Waals surface area contributed by atoms with Crippen LogP contribution in [-0.2, 0) is 22.6 Å². The lowest BCUT2D eigenvalue weighted by molar-refractivity contribution is -0.134. The van der Waals surface area contributed by atoms with Crippen molar-refractivity contribution in [3.05, 3.63) is 65.2 Å². The van der Waals surface area contributed by atoms with E-state index in [4.69, 9.17) is 15.0 Å². The van der Waals surface area contributed by atoms with E-state index in [-0.39, 0.29) is 18.0 Å². The zero-order valence-electron chi connectivity index (χ0n) is 15.0. The van der Waals surface area contributed by atoms with Crippen LogP contribution in [0.25, 0.3) is 0 Å². The van der Waals surface area contributed by atoms with Gasteiger partial charge in [-0.05, 0) is 35.7 Å². The van der Waals surface area contributed by atoms with Crippen LogP contribution < -0.4 is 5.32 Å². The average Bonchev–Trinajstić information content (AvgIpc) is 2.79. The average molecular weight is 370 g/mol. The summed E-state index contributed by atoms with van der Waals surface area (Å²) in [7, 11) is 0. The molecule has 142 valence electrons. The number of carbonyl (C=O) groups is 3. The van der Waals surface area contributed by atoms with Gasteiger partial charge in [0.1, 0.15) is 0 Å². The normalized spacial score (nSPS) is 12.8. The number of rotatable bonds is 4. The Kier molecular flexibility index (Phi) is 6.93. The molecule has 7 heteroatoms. The number of fused-ring (bicyclic) bond motifs is 1. The van der Waals surface area contributed by atoms with Gasteiger partial charge in [0.25, 0.3) is 5.97 Å². The van der Waals surface area contributed by atoms with Crippen molar-refractivity contribution < 1.29 is 24.6 Å². The number of aliphatic carboxylic acids is 1. The lowest BCUT2D eigenvalue weighted by Gasteiger charge is -2.20. The lowest BCUT2D eigenvalue weighted by Crippen LogP contribution is -2.34. The van der Waals surface area contributed by atoms with Gasteiger partial charge in [-0.25, -0.2) is 4.79 Å². The van der Waals surface area contributed by atoms with E-state index in [0.717, 1.165) is 24.6 Å². The molecule has 0 fully saturated rings. The van der Waals surface area contributed by atoms with Crippen molar-refractivity contribution in [3.63, 3.8) is 0 Å². The van der Waals surface area contributed by atoms with Gasteiger partial charge in [-0.2, -0.15) is 0 Å². The number of benzene rings is 2. The molecule has 27 heavy (non-hydrogen) atoms. The first-order valence-electron chi connectivity index (χ1n) is 8.48. The number of carboxylic acid groups (broad SMARTS) is 2. The van der Waals surface area contributed by atoms with E-state index in [1.54, 1.807) is 23.1 Å². The molecule has 1 aliphatic rings. The number of hydrogen-bond donors (Lipinski definition) is 3. The Morgan fingerprint density at radius 1 is 1.11 bits per heavy atom. The molecule has 1 amide bonds. The largest absolute Gasteiger partial charge is 0.481 e. The fourth-order valence-corrected chi connectivity index (χ4v) is 2.72. The van der Waals surface area contributed by atoms with Crippen molar-refractivity contribution in [2.45, 2.75) is 19.9 Å². The zero-order valence-corrected chi connectivity index (χ0v) is 15.0. The van der Waals surface area contributed by atoms with Crippen LogP contribution in [0.4, 0.5) is 5.69 Å². The molecule has 0 aliphatic carbocycles. The van der Waals surface area contributed by atoms with E-state index >= 15 is 0 Å². The number of nitrogens with one attached hydrogen (secondary N) is 1. The molecule has 3 N–H and O–H groups in total. The second-order valence-electron chi connectivity index (χ2n) is 6.10. The molecule has 0 radical (unpaired) electrons. The summed E-state index contributed by atoms with van der Waals surface area (Å²) in [6.07, 6.45) is 0.778. The van der Waals surface area contributed by atoms with Gasteiger partial charge >= 0.3 is 5.97 Å². The smallest absolute Gasteiger partial charge is 0.335 e. The van der Waals surface area contributed by atoms with Gasteiger partial charge in [-0.3, -0.25) is 9.59 Å². The quantitative estimate of drug-likeness (QED) is 0.763. The van der Waals surface area contributed by atoms with Crippen LogP contribution >= 0.6 is 0 Å². The molecule has 0 aromatic heterocycles.